The van der Waals surface area contributed by atoms with Crippen molar-refractivity contribution in [2.24, 2.45) is 5.92 Å². The van der Waals surface area contributed by atoms with Crippen molar-refractivity contribution in [1.82, 2.24) is 14.8 Å². The standard InChI is InChI=1S/C26H33F3N4OS/c1-20-4-9-24(30-18-20)32-15-13-31(14-16-32)12-10-25(34)33-11-2-3-22(19-33)17-21-5-7-23(8-6-21)35-26(27,28)29/h4-9,18,22H,2-3,10-17,19H2,1H3/t22-/m1/s1. The molecule has 2 aliphatic rings. The molecule has 9 heteroatoms. The number of benzene rings is 1. The number of hydrogen-bond acceptors (Lipinski definition) is 5. The monoisotopic (exact) mass is 506 g/mol. The number of halogens is 3. The Morgan fingerprint density at radius 3 is 2.46 bits per heavy atom. The number of carbonyl (C=O) groups excluding carboxylic acids is 1. The molecule has 2 saturated heterocycles. The van der Waals surface area contributed by atoms with Gasteiger partial charge in [-0.25, -0.2) is 4.98 Å². The molecule has 2 fully saturated rings. The van der Waals surface area contributed by atoms with Crippen LogP contribution in [-0.2, 0) is 11.2 Å². The van der Waals surface area contributed by atoms with Crippen LogP contribution in [0.3, 0.4) is 0 Å². The zero-order valence-electron chi connectivity index (χ0n) is 20.1. The molecule has 0 bridgehead atoms. The largest absolute Gasteiger partial charge is 0.446 e. The van der Waals surface area contributed by atoms with Gasteiger partial charge in [0, 0.05) is 63.3 Å². The molecule has 2 aromatic rings. The molecule has 0 aliphatic carbocycles. The summed E-state index contributed by atoms with van der Waals surface area (Å²) in [4.78, 5) is 24.3. The topological polar surface area (TPSA) is 39.7 Å². The van der Waals surface area contributed by atoms with Crippen molar-refractivity contribution in [2.45, 2.75) is 43.0 Å². The van der Waals surface area contributed by atoms with E-state index in [-0.39, 0.29) is 22.6 Å². The second-order valence-corrected chi connectivity index (χ2v) is 10.7. The summed E-state index contributed by atoms with van der Waals surface area (Å²) in [6, 6.07) is 10.8. The number of rotatable bonds is 7. The van der Waals surface area contributed by atoms with Gasteiger partial charge in [-0.1, -0.05) is 18.2 Å². The highest BCUT2D eigenvalue weighted by Gasteiger charge is 2.29. The summed E-state index contributed by atoms with van der Waals surface area (Å²) in [5.74, 6) is 1.56. The molecule has 3 heterocycles. The van der Waals surface area contributed by atoms with E-state index in [0.717, 1.165) is 82.0 Å². The summed E-state index contributed by atoms with van der Waals surface area (Å²) in [7, 11) is 0. The molecule has 0 saturated carbocycles. The van der Waals surface area contributed by atoms with Crippen LogP contribution in [0.2, 0.25) is 0 Å². The molecule has 0 N–H and O–H groups in total. The number of hydrogen-bond donors (Lipinski definition) is 0. The van der Waals surface area contributed by atoms with Gasteiger partial charge in [-0.3, -0.25) is 9.69 Å². The number of aromatic nitrogens is 1. The lowest BCUT2D eigenvalue weighted by atomic mass is 9.91. The Balaban J connectivity index is 1.19. The van der Waals surface area contributed by atoms with Crippen molar-refractivity contribution in [1.29, 1.82) is 0 Å². The summed E-state index contributed by atoms with van der Waals surface area (Å²) < 4.78 is 37.6. The Bertz CT molecular complexity index is 960. The number of thioether (sulfide) groups is 1. The third-order valence-electron chi connectivity index (χ3n) is 6.79. The highest BCUT2D eigenvalue weighted by Crippen LogP contribution is 2.37. The lowest BCUT2D eigenvalue weighted by molar-refractivity contribution is -0.133. The molecule has 1 aromatic heterocycles. The van der Waals surface area contributed by atoms with Gasteiger partial charge in [0.05, 0.1) is 0 Å². The van der Waals surface area contributed by atoms with E-state index in [1.165, 1.54) is 12.1 Å². The number of carbonyl (C=O) groups is 1. The van der Waals surface area contributed by atoms with E-state index in [2.05, 4.69) is 26.9 Å². The van der Waals surface area contributed by atoms with E-state index in [1.54, 1.807) is 12.1 Å². The number of alkyl halides is 3. The molecular weight excluding hydrogens is 473 g/mol. The van der Waals surface area contributed by atoms with Gasteiger partial charge in [-0.2, -0.15) is 13.2 Å². The molecule has 0 radical (unpaired) electrons. The number of amides is 1. The van der Waals surface area contributed by atoms with E-state index in [1.807, 2.05) is 18.0 Å². The smallest absolute Gasteiger partial charge is 0.354 e. The van der Waals surface area contributed by atoms with Crippen molar-refractivity contribution in [2.75, 3.05) is 50.7 Å². The average Bonchev–Trinajstić information content (AvgIpc) is 2.84. The van der Waals surface area contributed by atoms with Crippen LogP contribution in [0, 0.1) is 12.8 Å². The number of pyridine rings is 1. The van der Waals surface area contributed by atoms with E-state index in [9.17, 15) is 18.0 Å². The Morgan fingerprint density at radius 2 is 1.80 bits per heavy atom. The SMILES string of the molecule is Cc1ccc(N2CCN(CCC(=O)N3CCC[C@H](Cc4ccc(SC(F)(F)F)cc4)C3)CC2)nc1. The molecule has 35 heavy (non-hydrogen) atoms. The fourth-order valence-electron chi connectivity index (χ4n) is 4.88. The Labute approximate surface area is 209 Å². The first-order chi connectivity index (χ1) is 16.7. The molecule has 0 spiro atoms. The fraction of sp³-hybridized carbons (Fsp3) is 0.538. The zero-order chi connectivity index (χ0) is 24.8. The number of piperidine rings is 1. The summed E-state index contributed by atoms with van der Waals surface area (Å²) in [5, 5.41) is 0. The molecule has 1 aromatic carbocycles. The third kappa shape index (κ3) is 7.87. The second kappa shape index (κ2) is 11.6. The van der Waals surface area contributed by atoms with Crippen LogP contribution in [0.5, 0.6) is 0 Å². The van der Waals surface area contributed by atoms with Crippen molar-refractivity contribution in [3.63, 3.8) is 0 Å². The highest BCUT2D eigenvalue weighted by molar-refractivity contribution is 8.00. The van der Waals surface area contributed by atoms with Gasteiger partial charge < -0.3 is 9.80 Å². The summed E-state index contributed by atoms with van der Waals surface area (Å²) in [5.41, 5.74) is -2.09. The van der Waals surface area contributed by atoms with Crippen molar-refractivity contribution in [3.05, 3.63) is 53.7 Å². The molecule has 4 rings (SSSR count). The van der Waals surface area contributed by atoms with Crippen LogP contribution in [0.25, 0.3) is 0 Å². The van der Waals surface area contributed by atoms with E-state index < -0.39 is 5.51 Å². The summed E-state index contributed by atoms with van der Waals surface area (Å²) in [6.45, 7) is 8.00. The van der Waals surface area contributed by atoms with Gasteiger partial charge in [0.25, 0.3) is 0 Å². The fourth-order valence-corrected chi connectivity index (χ4v) is 5.42. The quantitative estimate of drug-likeness (QED) is 0.495. The predicted octanol–water partition coefficient (Wildman–Crippen LogP) is 5.00. The third-order valence-corrected chi connectivity index (χ3v) is 7.53. The van der Waals surface area contributed by atoms with Crippen LogP contribution in [0.15, 0.2) is 47.5 Å². The molecule has 2 aliphatic heterocycles. The van der Waals surface area contributed by atoms with Crippen LogP contribution in [0.4, 0.5) is 19.0 Å². The first-order valence-corrected chi connectivity index (χ1v) is 13.1. The molecule has 1 atom stereocenters. The number of piperazine rings is 1. The maximum atomic E-state index is 12.9. The molecule has 190 valence electrons. The van der Waals surface area contributed by atoms with Gasteiger partial charge in [0.1, 0.15) is 5.82 Å². The lowest BCUT2D eigenvalue weighted by Gasteiger charge is -2.36. The Kier molecular flexibility index (Phi) is 8.59. The predicted molar refractivity (Wildman–Crippen MR) is 134 cm³/mol. The minimum atomic E-state index is -4.27. The summed E-state index contributed by atoms with van der Waals surface area (Å²) in [6.07, 6.45) is 5.22. The van der Waals surface area contributed by atoms with E-state index in [4.69, 9.17) is 0 Å². The number of nitrogens with zero attached hydrogens (tertiary/aromatic N) is 4. The minimum Gasteiger partial charge on any atom is -0.354 e. The first kappa shape index (κ1) is 25.8. The number of aryl methyl sites for hydroxylation is 1. The van der Waals surface area contributed by atoms with Gasteiger partial charge in [-0.15, -0.1) is 0 Å². The maximum absolute atomic E-state index is 12.9. The van der Waals surface area contributed by atoms with Gasteiger partial charge in [-0.05, 0) is 73.2 Å². The minimum absolute atomic E-state index is 0.0863. The second-order valence-electron chi connectivity index (χ2n) is 9.52. The normalized spacial score (nSPS) is 19.7. The van der Waals surface area contributed by atoms with Crippen LogP contribution < -0.4 is 4.90 Å². The average molecular weight is 507 g/mol. The molecular formula is C26H33F3N4OS. The molecule has 1 amide bonds. The van der Waals surface area contributed by atoms with Crippen molar-refractivity contribution >= 4 is 23.5 Å². The molecule has 5 nitrogen and oxygen atoms in total. The van der Waals surface area contributed by atoms with Crippen molar-refractivity contribution < 1.29 is 18.0 Å². The maximum Gasteiger partial charge on any atom is 0.446 e. The first-order valence-electron chi connectivity index (χ1n) is 12.3. The van der Waals surface area contributed by atoms with Crippen LogP contribution >= 0.6 is 11.8 Å². The molecule has 0 unspecified atom stereocenters. The number of anilines is 1. The Hall–Kier alpha value is -2.26. The lowest BCUT2D eigenvalue weighted by Crippen LogP contribution is -2.48. The van der Waals surface area contributed by atoms with Crippen LogP contribution in [-0.4, -0.2) is 72.0 Å². The summed E-state index contributed by atoms with van der Waals surface area (Å²) >= 11 is -0.0863. The van der Waals surface area contributed by atoms with Crippen molar-refractivity contribution in [3.8, 4) is 0 Å². The van der Waals surface area contributed by atoms with Crippen LogP contribution in [0.1, 0.15) is 30.4 Å². The number of likely N-dealkylation sites (tertiary alicyclic amines) is 1. The van der Waals surface area contributed by atoms with Gasteiger partial charge in [0.15, 0.2) is 0 Å². The van der Waals surface area contributed by atoms with Gasteiger partial charge >= 0.3 is 5.51 Å². The van der Waals surface area contributed by atoms with E-state index in [0.29, 0.717) is 12.3 Å². The van der Waals surface area contributed by atoms with E-state index >= 15 is 0 Å². The van der Waals surface area contributed by atoms with Gasteiger partial charge in [0.2, 0.25) is 5.91 Å². The highest BCUT2D eigenvalue weighted by atomic mass is 32.2. The Morgan fingerprint density at radius 1 is 1.06 bits per heavy atom. The zero-order valence-corrected chi connectivity index (χ0v) is 21.0.